The summed E-state index contributed by atoms with van der Waals surface area (Å²) in [6.45, 7) is 0.527. The molecule has 0 bridgehead atoms. The Morgan fingerprint density at radius 2 is 2.04 bits per heavy atom. The first-order chi connectivity index (χ1) is 11.3. The van der Waals surface area contributed by atoms with Crippen molar-refractivity contribution in [1.29, 1.82) is 0 Å². The average Bonchev–Trinajstić information content (AvgIpc) is 3.11. The maximum atomic E-state index is 5.95. The van der Waals surface area contributed by atoms with Crippen molar-refractivity contribution < 1.29 is 9.26 Å². The molecule has 1 atom stereocenters. The lowest BCUT2D eigenvalue weighted by atomic mass is 10.1. The Kier molecular flexibility index (Phi) is 4.85. The van der Waals surface area contributed by atoms with E-state index in [1.165, 1.54) is 6.39 Å². The molecule has 23 heavy (non-hydrogen) atoms. The second-order valence-corrected chi connectivity index (χ2v) is 5.26. The molecule has 0 amide bonds. The lowest BCUT2D eigenvalue weighted by molar-refractivity contribution is 0.393. The van der Waals surface area contributed by atoms with Crippen LogP contribution in [0.25, 0.3) is 0 Å². The van der Waals surface area contributed by atoms with Gasteiger partial charge in [-0.05, 0) is 23.8 Å². The number of methoxy groups -OCH3 is 1. The van der Waals surface area contributed by atoms with Crippen molar-refractivity contribution in [3.63, 3.8) is 0 Å². The molecular formula is C16H15ClN4O2. The molecule has 3 aromatic rings. The van der Waals surface area contributed by atoms with Crippen LogP contribution in [0.15, 0.2) is 53.4 Å². The summed E-state index contributed by atoms with van der Waals surface area (Å²) in [5.74, 6) is 1.13. The third kappa shape index (κ3) is 3.85. The first-order valence-electron chi connectivity index (χ1n) is 7.01. The summed E-state index contributed by atoms with van der Waals surface area (Å²) in [5, 5.41) is 7.99. The van der Waals surface area contributed by atoms with E-state index < -0.39 is 0 Å². The van der Waals surface area contributed by atoms with Crippen molar-refractivity contribution in [2.75, 3.05) is 7.11 Å². The molecule has 2 heterocycles. The van der Waals surface area contributed by atoms with E-state index in [-0.39, 0.29) is 6.04 Å². The number of pyridine rings is 1. The Balaban J connectivity index is 1.80. The number of hydrogen-bond donors (Lipinski definition) is 1. The van der Waals surface area contributed by atoms with Gasteiger partial charge in [-0.15, -0.1) is 0 Å². The summed E-state index contributed by atoms with van der Waals surface area (Å²) in [6.07, 6.45) is 1.31. The van der Waals surface area contributed by atoms with Crippen molar-refractivity contribution in [1.82, 2.24) is 20.4 Å². The van der Waals surface area contributed by atoms with Crippen molar-refractivity contribution in [2.24, 2.45) is 0 Å². The van der Waals surface area contributed by atoms with E-state index in [1.54, 1.807) is 13.2 Å². The molecule has 118 valence electrons. The van der Waals surface area contributed by atoms with Crippen LogP contribution in [-0.2, 0) is 6.54 Å². The molecule has 1 aromatic carbocycles. The number of benzene rings is 1. The van der Waals surface area contributed by atoms with Gasteiger partial charge in [-0.3, -0.25) is 5.32 Å². The van der Waals surface area contributed by atoms with Crippen LogP contribution in [0, 0.1) is 0 Å². The minimum Gasteiger partial charge on any atom is -0.481 e. The predicted octanol–water partition coefficient (Wildman–Crippen LogP) is 3.01. The molecule has 0 saturated heterocycles. The highest BCUT2D eigenvalue weighted by molar-refractivity contribution is 6.30. The normalized spacial score (nSPS) is 12.1. The standard InChI is InChI=1S/C16H15ClN4O2/c1-22-14-4-2-3-13(20-14)9-18-15(16-19-10-23-21-16)11-5-7-12(17)8-6-11/h2-8,10,15,18H,9H2,1H3. The SMILES string of the molecule is COc1cccc(CNC(c2ccc(Cl)cc2)c2ncon2)n1. The zero-order chi connectivity index (χ0) is 16.1. The second-order valence-electron chi connectivity index (χ2n) is 4.83. The molecule has 3 rings (SSSR count). The Labute approximate surface area is 138 Å². The largest absolute Gasteiger partial charge is 0.481 e. The van der Waals surface area contributed by atoms with Crippen LogP contribution < -0.4 is 10.1 Å². The number of nitrogens with one attached hydrogen (secondary N) is 1. The van der Waals surface area contributed by atoms with Crippen LogP contribution in [0.4, 0.5) is 0 Å². The van der Waals surface area contributed by atoms with Gasteiger partial charge in [0.05, 0.1) is 18.8 Å². The third-order valence-electron chi connectivity index (χ3n) is 3.32. The van der Waals surface area contributed by atoms with Crippen molar-refractivity contribution >= 4 is 11.6 Å². The number of halogens is 1. The maximum Gasteiger partial charge on any atom is 0.213 e. The van der Waals surface area contributed by atoms with Gasteiger partial charge in [0.25, 0.3) is 0 Å². The molecule has 0 aliphatic carbocycles. The molecule has 1 unspecified atom stereocenters. The maximum absolute atomic E-state index is 5.95. The quantitative estimate of drug-likeness (QED) is 0.749. The molecule has 0 radical (unpaired) electrons. The summed E-state index contributed by atoms with van der Waals surface area (Å²) in [4.78, 5) is 8.53. The minimum atomic E-state index is -0.223. The first kappa shape index (κ1) is 15.5. The van der Waals surface area contributed by atoms with Gasteiger partial charge in [0, 0.05) is 17.6 Å². The van der Waals surface area contributed by atoms with Gasteiger partial charge in [0.15, 0.2) is 5.82 Å². The van der Waals surface area contributed by atoms with Gasteiger partial charge < -0.3 is 9.26 Å². The van der Waals surface area contributed by atoms with Gasteiger partial charge in [-0.25, -0.2) is 4.98 Å². The fraction of sp³-hybridized carbons (Fsp3) is 0.188. The fourth-order valence-electron chi connectivity index (χ4n) is 2.20. The van der Waals surface area contributed by atoms with Crippen molar-refractivity contribution in [3.8, 4) is 5.88 Å². The molecule has 0 spiro atoms. The smallest absolute Gasteiger partial charge is 0.213 e. The van der Waals surface area contributed by atoms with Gasteiger partial charge in [0.1, 0.15) is 0 Å². The Bertz CT molecular complexity index is 747. The van der Waals surface area contributed by atoms with Crippen LogP contribution >= 0.6 is 11.6 Å². The van der Waals surface area contributed by atoms with Gasteiger partial charge in [0.2, 0.25) is 12.3 Å². The molecule has 6 nitrogen and oxygen atoms in total. The van der Waals surface area contributed by atoms with Gasteiger partial charge >= 0.3 is 0 Å². The van der Waals surface area contributed by atoms with Crippen LogP contribution in [0.1, 0.15) is 23.1 Å². The predicted molar refractivity (Wildman–Crippen MR) is 85.2 cm³/mol. The number of rotatable bonds is 6. The van der Waals surface area contributed by atoms with E-state index >= 15 is 0 Å². The number of aromatic nitrogens is 3. The third-order valence-corrected chi connectivity index (χ3v) is 3.57. The van der Waals surface area contributed by atoms with Crippen molar-refractivity contribution in [2.45, 2.75) is 12.6 Å². The number of nitrogens with zero attached hydrogens (tertiary/aromatic N) is 3. The molecule has 0 aliphatic rings. The highest BCUT2D eigenvalue weighted by atomic mass is 35.5. The molecule has 0 aliphatic heterocycles. The second kappa shape index (κ2) is 7.21. The number of hydrogen-bond acceptors (Lipinski definition) is 6. The molecule has 2 aromatic heterocycles. The van der Waals surface area contributed by atoms with E-state index in [0.717, 1.165) is 11.3 Å². The van der Waals surface area contributed by atoms with E-state index in [9.17, 15) is 0 Å². The fourth-order valence-corrected chi connectivity index (χ4v) is 2.32. The summed E-state index contributed by atoms with van der Waals surface area (Å²) >= 11 is 5.95. The molecule has 1 N–H and O–H groups in total. The minimum absolute atomic E-state index is 0.223. The summed E-state index contributed by atoms with van der Waals surface area (Å²) in [6, 6.07) is 12.9. The highest BCUT2D eigenvalue weighted by Gasteiger charge is 2.18. The average molecular weight is 331 g/mol. The topological polar surface area (TPSA) is 73.1 Å². The van der Waals surface area contributed by atoms with Crippen LogP contribution in [0.3, 0.4) is 0 Å². The monoisotopic (exact) mass is 330 g/mol. The van der Waals surface area contributed by atoms with E-state index in [0.29, 0.717) is 23.3 Å². The Morgan fingerprint density at radius 1 is 1.22 bits per heavy atom. The summed E-state index contributed by atoms with van der Waals surface area (Å²) in [5.41, 5.74) is 1.84. The lowest BCUT2D eigenvalue weighted by Gasteiger charge is -2.16. The van der Waals surface area contributed by atoms with Crippen molar-refractivity contribution in [3.05, 3.63) is 71.0 Å². The van der Waals surface area contributed by atoms with E-state index in [4.69, 9.17) is 20.9 Å². The van der Waals surface area contributed by atoms with E-state index in [1.807, 2.05) is 36.4 Å². The Morgan fingerprint density at radius 3 is 2.74 bits per heavy atom. The molecule has 0 saturated carbocycles. The van der Waals surface area contributed by atoms with Crippen LogP contribution in [0.5, 0.6) is 5.88 Å². The zero-order valence-corrected chi connectivity index (χ0v) is 13.2. The molecule has 0 fully saturated rings. The van der Waals surface area contributed by atoms with Gasteiger partial charge in [-0.2, -0.15) is 4.98 Å². The van der Waals surface area contributed by atoms with Crippen LogP contribution in [0.2, 0.25) is 5.02 Å². The Hall–Kier alpha value is -2.44. The summed E-state index contributed by atoms with van der Waals surface area (Å²) < 4.78 is 10.0. The lowest BCUT2D eigenvalue weighted by Crippen LogP contribution is -2.23. The van der Waals surface area contributed by atoms with Crippen LogP contribution in [-0.4, -0.2) is 22.2 Å². The zero-order valence-electron chi connectivity index (χ0n) is 12.4. The summed E-state index contributed by atoms with van der Waals surface area (Å²) in [7, 11) is 1.59. The van der Waals surface area contributed by atoms with E-state index in [2.05, 4.69) is 20.4 Å². The van der Waals surface area contributed by atoms with Gasteiger partial charge in [-0.1, -0.05) is 35.0 Å². The molecular weight excluding hydrogens is 316 g/mol. The molecule has 7 heteroatoms. The first-order valence-corrected chi connectivity index (χ1v) is 7.39. The number of ether oxygens (including phenoxy) is 1. The highest BCUT2D eigenvalue weighted by Crippen LogP contribution is 2.21.